The summed E-state index contributed by atoms with van der Waals surface area (Å²) in [6.45, 7) is 4.49. The molecule has 1 rings (SSSR count). The first-order valence-corrected chi connectivity index (χ1v) is 5.12. The van der Waals surface area contributed by atoms with Gasteiger partial charge in [0.25, 0.3) is 0 Å². The van der Waals surface area contributed by atoms with Gasteiger partial charge in [-0.25, -0.2) is 4.79 Å². The predicted octanol–water partition coefficient (Wildman–Crippen LogP) is 2.33. The van der Waals surface area contributed by atoms with Gasteiger partial charge in [-0.1, -0.05) is 30.3 Å². The Morgan fingerprint density at radius 1 is 1.20 bits per heavy atom. The lowest BCUT2D eigenvalue weighted by Crippen LogP contribution is -2.18. The number of carbonyl (C=O) groups excluding carboxylic acids is 1. The van der Waals surface area contributed by atoms with Crippen LogP contribution in [0.15, 0.2) is 30.3 Å². The summed E-state index contributed by atoms with van der Waals surface area (Å²) < 4.78 is 10.3. The highest BCUT2D eigenvalue weighted by atomic mass is 16.6. The van der Waals surface area contributed by atoms with Crippen LogP contribution in [0.3, 0.4) is 0 Å². The van der Waals surface area contributed by atoms with Crippen molar-refractivity contribution in [1.29, 1.82) is 0 Å². The van der Waals surface area contributed by atoms with Crippen molar-refractivity contribution in [2.24, 2.45) is 0 Å². The van der Waals surface area contributed by atoms with E-state index in [1.54, 1.807) is 6.92 Å². The van der Waals surface area contributed by atoms with E-state index in [1.807, 2.05) is 37.3 Å². The van der Waals surface area contributed by atoms with Crippen LogP contribution in [0.4, 0.5) is 0 Å². The van der Waals surface area contributed by atoms with E-state index in [-0.39, 0.29) is 5.97 Å². The lowest BCUT2D eigenvalue weighted by atomic mass is 10.1. The van der Waals surface area contributed by atoms with Crippen LogP contribution in [0.1, 0.15) is 25.5 Å². The molecule has 15 heavy (non-hydrogen) atoms. The molecule has 0 bridgehead atoms. The minimum Gasteiger partial charge on any atom is -0.464 e. The first-order chi connectivity index (χ1) is 7.29. The van der Waals surface area contributed by atoms with Crippen LogP contribution in [-0.4, -0.2) is 19.2 Å². The molecule has 3 heteroatoms. The summed E-state index contributed by atoms with van der Waals surface area (Å²) in [5, 5.41) is 0. The van der Waals surface area contributed by atoms with E-state index in [9.17, 15) is 4.79 Å². The maximum absolute atomic E-state index is 11.6. The lowest BCUT2D eigenvalue weighted by molar-refractivity contribution is -0.157. The molecule has 0 aliphatic heterocycles. The van der Waals surface area contributed by atoms with Gasteiger partial charge in [0.05, 0.1) is 6.61 Å². The largest absolute Gasteiger partial charge is 0.464 e. The van der Waals surface area contributed by atoms with Gasteiger partial charge in [0, 0.05) is 6.61 Å². The molecule has 82 valence electrons. The van der Waals surface area contributed by atoms with Crippen LogP contribution in [0.2, 0.25) is 0 Å². The molecule has 1 aromatic rings. The summed E-state index contributed by atoms with van der Waals surface area (Å²) in [5.74, 6) is -0.328. The number of esters is 1. The van der Waals surface area contributed by atoms with E-state index in [0.717, 1.165) is 5.56 Å². The average molecular weight is 208 g/mol. The molecule has 0 heterocycles. The van der Waals surface area contributed by atoms with Crippen LogP contribution in [0.25, 0.3) is 0 Å². The molecule has 1 aromatic carbocycles. The molecule has 0 amide bonds. The molecule has 0 radical (unpaired) electrons. The Hall–Kier alpha value is -1.35. The Kier molecular flexibility index (Phi) is 4.84. The smallest absolute Gasteiger partial charge is 0.339 e. The second-order valence-corrected chi connectivity index (χ2v) is 3.00. The minimum atomic E-state index is -0.601. The summed E-state index contributed by atoms with van der Waals surface area (Å²) in [7, 11) is 0. The van der Waals surface area contributed by atoms with E-state index in [4.69, 9.17) is 9.47 Å². The van der Waals surface area contributed by atoms with Gasteiger partial charge in [0.15, 0.2) is 6.10 Å². The molecule has 0 saturated carbocycles. The third kappa shape index (κ3) is 3.36. The topological polar surface area (TPSA) is 35.5 Å². The van der Waals surface area contributed by atoms with Crippen molar-refractivity contribution in [1.82, 2.24) is 0 Å². The minimum absolute atomic E-state index is 0.328. The highest BCUT2D eigenvalue weighted by Crippen LogP contribution is 2.18. The van der Waals surface area contributed by atoms with E-state index in [2.05, 4.69) is 0 Å². The lowest BCUT2D eigenvalue weighted by Gasteiger charge is -2.15. The molecule has 3 nitrogen and oxygen atoms in total. The molecular weight excluding hydrogens is 192 g/mol. The molecule has 0 aromatic heterocycles. The van der Waals surface area contributed by atoms with Gasteiger partial charge in [-0.05, 0) is 19.4 Å². The van der Waals surface area contributed by atoms with Crippen molar-refractivity contribution in [2.45, 2.75) is 20.0 Å². The van der Waals surface area contributed by atoms with Gasteiger partial charge in [-0.2, -0.15) is 0 Å². The average Bonchev–Trinajstić information content (AvgIpc) is 2.27. The monoisotopic (exact) mass is 208 g/mol. The Labute approximate surface area is 90.0 Å². The summed E-state index contributed by atoms with van der Waals surface area (Å²) in [4.78, 5) is 11.6. The summed E-state index contributed by atoms with van der Waals surface area (Å²) in [5.41, 5.74) is 0.831. The molecule has 0 N–H and O–H groups in total. The van der Waals surface area contributed by atoms with E-state index >= 15 is 0 Å². The van der Waals surface area contributed by atoms with Crippen LogP contribution in [-0.2, 0) is 14.3 Å². The van der Waals surface area contributed by atoms with Crippen LogP contribution < -0.4 is 0 Å². The Balaban J connectivity index is 2.78. The highest BCUT2D eigenvalue weighted by Gasteiger charge is 2.21. The number of hydrogen-bond acceptors (Lipinski definition) is 3. The zero-order valence-corrected chi connectivity index (χ0v) is 9.10. The van der Waals surface area contributed by atoms with Crippen molar-refractivity contribution >= 4 is 5.97 Å². The Morgan fingerprint density at radius 3 is 2.40 bits per heavy atom. The third-order valence-corrected chi connectivity index (χ3v) is 1.94. The number of hydrogen-bond donors (Lipinski definition) is 0. The van der Waals surface area contributed by atoms with E-state index < -0.39 is 6.10 Å². The normalized spacial score (nSPS) is 12.1. The highest BCUT2D eigenvalue weighted by molar-refractivity contribution is 5.76. The maximum Gasteiger partial charge on any atom is 0.339 e. The van der Waals surface area contributed by atoms with Crippen LogP contribution in [0.5, 0.6) is 0 Å². The molecule has 0 saturated heterocycles. The molecule has 0 spiro atoms. The SMILES string of the molecule is CCOC(=O)C(OCC)c1ccccc1. The van der Waals surface area contributed by atoms with Crippen LogP contribution in [0, 0.1) is 0 Å². The van der Waals surface area contributed by atoms with Gasteiger partial charge in [0.1, 0.15) is 0 Å². The molecule has 0 fully saturated rings. The predicted molar refractivity (Wildman–Crippen MR) is 57.4 cm³/mol. The molecule has 1 atom stereocenters. The van der Waals surface area contributed by atoms with Crippen molar-refractivity contribution in [3.05, 3.63) is 35.9 Å². The summed E-state index contributed by atoms with van der Waals surface area (Å²) >= 11 is 0. The van der Waals surface area contributed by atoms with Gasteiger partial charge < -0.3 is 9.47 Å². The Bertz CT molecular complexity index is 295. The van der Waals surface area contributed by atoms with Crippen LogP contribution >= 0.6 is 0 Å². The fourth-order valence-corrected chi connectivity index (χ4v) is 1.31. The fraction of sp³-hybridized carbons (Fsp3) is 0.417. The van der Waals surface area contributed by atoms with Gasteiger partial charge >= 0.3 is 5.97 Å². The quantitative estimate of drug-likeness (QED) is 0.697. The summed E-state index contributed by atoms with van der Waals surface area (Å²) in [6.07, 6.45) is -0.601. The van der Waals surface area contributed by atoms with Crippen molar-refractivity contribution in [3.63, 3.8) is 0 Å². The third-order valence-electron chi connectivity index (χ3n) is 1.94. The van der Waals surface area contributed by atoms with E-state index in [0.29, 0.717) is 13.2 Å². The molecule has 0 aliphatic carbocycles. The van der Waals surface area contributed by atoms with Crippen molar-refractivity contribution < 1.29 is 14.3 Å². The van der Waals surface area contributed by atoms with E-state index in [1.165, 1.54) is 0 Å². The van der Waals surface area contributed by atoms with Gasteiger partial charge in [-0.15, -0.1) is 0 Å². The standard InChI is InChI=1S/C12H16O3/c1-3-14-11(12(13)15-4-2)10-8-6-5-7-9-10/h5-9,11H,3-4H2,1-2H3. The molecule has 0 aliphatic rings. The van der Waals surface area contributed by atoms with Crippen molar-refractivity contribution in [3.8, 4) is 0 Å². The molecular formula is C12H16O3. The van der Waals surface area contributed by atoms with Crippen molar-refractivity contribution in [2.75, 3.05) is 13.2 Å². The number of carbonyl (C=O) groups is 1. The first-order valence-electron chi connectivity index (χ1n) is 5.12. The number of rotatable bonds is 5. The zero-order valence-electron chi connectivity index (χ0n) is 9.10. The Morgan fingerprint density at radius 2 is 1.87 bits per heavy atom. The zero-order chi connectivity index (χ0) is 11.1. The maximum atomic E-state index is 11.6. The second kappa shape index (κ2) is 6.19. The summed E-state index contributed by atoms with van der Waals surface area (Å²) in [6, 6.07) is 9.37. The number of ether oxygens (including phenoxy) is 2. The fourth-order valence-electron chi connectivity index (χ4n) is 1.31. The first kappa shape index (κ1) is 11.7. The van der Waals surface area contributed by atoms with Gasteiger partial charge in [-0.3, -0.25) is 0 Å². The second-order valence-electron chi connectivity index (χ2n) is 3.00. The van der Waals surface area contributed by atoms with Gasteiger partial charge in [0.2, 0.25) is 0 Å². The number of benzene rings is 1. The molecule has 1 unspecified atom stereocenters.